The highest BCUT2D eigenvalue weighted by Gasteiger charge is 2.31. The highest BCUT2D eigenvalue weighted by Crippen LogP contribution is 2.49. The van der Waals surface area contributed by atoms with Crippen molar-refractivity contribution < 1.29 is 125 Å². The Hall–Kier alpha value is -10.8. The van der Waals surface area contributed by atoms with E-state index < -0.39 is 218 Å². The molecule has 0 bridgehead atoms. The second kappa shape index (κ2) is 25.2. The van der Waals surface area contributed by atoms with Crippen LogP contribution in [0, 0.1) is 20.2 Å². The SMILES string of the molecule is Nc1c(N=Nc2ccc3c(O)c(N=Nc4cc(N=Nc5c(OC=O)nn(-c6ccc(S(=O)(=O)O)cc6)c5O)c(S(=O)(=O)O)cc4[N+](=O)[O-])c(S(=O)(=O)O)cc3c2S(=O)(=O)O)cc(S(=O)(=O)O)c2ccc(N=Nc3ccc([N+](=O)[O-])cc3S(=O)(=O)O)c(O)c12.O=S(=O)=O. The Labute approximate surface area is 510 Å². The largest absolute Gasteiger partial charge is 0.505 e. The molecular formula is C42H27N13O30S7. The third kappa shape index (κ3) is 14.8. The number of azo groups is 4. The molecule has 0 unspecified atom stereocenters. The van der Waals surface area contributed by atoms with Gasteiger partial charge in [0, 0.05) is 40.4 Å². The standard InChI is InChI=1S/C42H27N13O27S6.O3S/c43-35-28(14-30(84(67,68)69)21-7-9-24(39(58)34(21)35)45-44-23-8-3-18(54(60)61)11-31(23)85(70,71)72)49-46-25-10-6-20-22(40(25)88(79,80)81)12-33(87(76,77)78)36(38(20)57)50-47-26-13-27(32(86(73,74)75)15-29(26)55(62)63)48-51-37-41(82-16-56)52-53(42(37)59)17-1-4-19(5-2-17)83(64,65)66;1-4(2)3/h1-16,57-59H,43H2,(H,64,65,66)(H,67,68,69)(H,70,71,72)(H,73,74,75)(H,76,77,78)(H,79,80,81);. The number of non-ortho nitro benzene ring substituents is 1. The average molecular weight is 1420 g/mol. The normalized spacial score (nSPS) is 12.7. The number of ether oxygens (including phenoxy) is 1. The average Bonchev–Trinajstić information content (AvgIpc) is 0.926. The van der Waals surface area contributed by atoms with E-state index in [9.17, 15) is 118 Å². The number of hydrogen-bond acceptors (Lipinski definition) is 34. The summed E-state index contributed by atoms with van der Waals surface area (Å²) in [5.74, 6) is -4.58. The smallest absolute Gasteiger partial charge is 0.425 e. The number of carbonyl (C=O) groups is 1. The topological polar surface area (TPSA) is 693 Å². The fourth-order valence-electron chi connectivity index (χ4n) is 7.79. The summed E-state index contributed by atoms with van der Waals surface area (Å²) in [4.78, 5) is 25.1. The van der Waals surface area contributed by atoms with Gasteiger partial charge in [-0.25, -0.2) is 0 Å². The zero-order valence-corrected chi connectivity index (χ0v) is 49.4. The number of benzene rings is 7. The van der Waals surface area contributed by atoms with Crippen LogP contribution in [-0.4, -0.2) is 132 Å². The number of aromatic hydroxyl groups is 3. The monoisotopic (exact) mass is 1420 g/mol. The lowest BCUT2D eigenvalue weighted by Gasteiger charge is -2.13. The van der Waals surface area contributed by atoms with Crippen molar-refractivity contribution in [3.05, 3.63) is 111 Å². The van der Waals surface area contributed by atoms with Gasteiger partial charge in [0.2, 0.25) is 11.6 Å². The van der Waals surface area contributed by atoms with E-state index in [-0.39, 0.29) is 24.3 Å². The minimum Gasteiger partial charge on any atom is -0.505 e. The quantitative estimate of drug-likeness (QED) is 0.0105. The molecular weight excluding hydrogens is 1390 g/mol. The van der Waals surface area contributed by atoms with Crippen LogP contribution in [0.3, 0.4) is 0 Å². The number of nitrogen functional groups attached to an aromatic ring is 1. The molecule has 0 fully saturated rings. The molecule has 0 aliphatic heterocycles. The number of hydrogen-bond donors (Lipinski definition) is 10. The lowest BCUT2D eigenvalue weighted by Crippen LogP contribution is -2.03. The third-order valence-electron chi connectivity index (χ3n) is 11.6. The fourth-order valence-corrected chi connectivity index (χ4v) is 11.7. The van der Waals surface area contributed by atoms with Gasteiger partial charge >= 0.3 is 10.6 Å². The molecule has 0 aliphatic rings. The first-order valence-corrected chi connectivity index (χ1v) is 32.4. The molecule has 43 nitrogen and oxygen atoms in total. The number of anilines is 1. The minimum absolute atomic E-state index is 0.0968. The Kier molecular flexibility index (Phi) is 18.9. The number of nitrogens with zero attached hydrogens (tertiary/aromatic N) is 12. The summed E-state index contributed by atoms with van der Waals surface area (Å²) in [5, 5.41) is 86.5. The van der Waals surface area contributed by atoms with E-state index in [1.807, 2.05) is 0 Å². The van der Waals surface area contributed by atoms with Gasteiger partial charge in [0.1, 0.15) is 58.6 Å². The van der Waals surface area contributed by atoms with Gasteiger partial charge in [-0.3, -0.25) is 52.3 Å². The van der Waals surface area contributed by atoms with Crippen LogP contribution in [0.2, 0.25) is 0 Å². The van der Waals surface area contributed by atoms with Crippen LogP contribution in [0.1, 0.15) is 0 Å². The van der Waals surface area contributed by atoms with Crippen LogP contribution < -0.4 is 10.5 Å². The van der Waals surface area contributed by atoms with E-state index in [0.717, 1.165) is 48.5 Å². The molecule has 482 valence electrons. The Bertz CT molecular complexity index is 5510. The molecule has 1 aromatic heterocycles. The van der Waals surface area contributed by atoms with Crippen molar-refractivity contribution in [3.8, 4) is 28.9 Å². The number of nitrogens with two attached hydrogens (primary N) is 1. The maximum Gasteiger partial charge on any atom is 0.425 e. The van der Waals surface area contributed by atoms with Crippen molar-refractivity contribution in [2.75, 3.05) is 5.73 Å². The van der Waals surface area contributed by atoms with Gasteiger partial charge < -0.3 is 25.8 Å². The Morgan fingerprint density at radius 2 is 1.00 bits per heavy atom. The van der Waals surface area contributed by atoms with Crippen LogP contribution in [0.4, 0.5) is 62.6 Å². The fraction of sp³-hybridized carbons (Fsp3) is 0. The van der Waals surface area contributed by atoms with Gasteiger partial charge in [0.15, 0.2) is 17.2 Å². The van der Waals surface area contributed by atoms with Crippen LogP contribution in [0.15, 0.2) is 161 Å². The van der Waals surface area contributed by atoms with Crippen molar-refractivity contribution in [2.45, 2.75) is 29.4 Å². The molecule has 0 saturated carbocycles. The molecule has 0 aliphatic carbocycles. The molecule has 1 heterocycles. The van der Waals surface area contributed by atoms with E-state index >= 15 is 0 Å². The molecule has 50 heteroatoms. The molecule has 0 atom stereocenters. The molecule has 0 radical (unpaired) electrons. The highest BCUT2D eigenvalue weighted by molar-refractivity contribution is 7.87. The van der Waals surface area contributed by atoms with E-state index in [2.05, 4.69) is 50.7 Å². The van der Waals surface area contributed by atoms with Crippen molar-refractivity contribution in [3.63, 3.8) is 0 Å². The number of phenols is 2. The third-order valence-corrected chi connectivity index (χ3v) is 16.9. The minimum atomic E-state index is -5.84. The first kappa shape index (κ1) is 68.7. The maximum atomic E-state index is 13.1. The van der Waals surface area contributed by atoms with Gasteiger partial charge in [-0.15, -0.1) is 58.6 Å². The predicted octanol–water partition coefficient (Wildman–Crippen LogP) is 6.37. The van der Waals surface area contributed by atoms with Gasteiger partial charge in [0.05, 0.1) is 31.5 Å². The summed E-state index contributed by atoms with van der Waals surface area (Å²) in [5.41, 5.74) is -4.91. The van der Waals surface area contributed by atoms with E-state index in [1.165, 1.54) is 0 Å². The number of rotatable bonds is 19. The lowest BCUT2D eigenvalue weighted by molar-refractivity contribution is -0.385. The van der Waals surface area contributed by atoms with Crippen molar-refractivity contribution in [1.29, 1.82) is 0 Å². The van der Waals surface area contributed by atoms with Crippen molar-refractivity contribution >= 4 is 162 Å². The summed E-state index contributed by atoms with van der Waals surface area (Å²) in [6, 6.07) is 9.79. The van der Waals surface area contributed by atoms with E-state index in [4.69, 9.17) is 18.4 Å². The number of aromatic nitrogens is 2. The summed E-state index contributed by atoms with van der Waals surface area (Å²) in [6.45, 7) is -0.246. The first-order valence-electron chi connectivity index (χ1n) is 22.8. The number of nitro benzene ring substituents is 2. The van der Waals surface area contributed by atoms with Crippen LogP contribution >= 0.6 is 0 Å². The second-order valence-corrected chi connectivity index (χ2v) is 25.9. The number of carbonyl (C=O) groups excluding carboxylic acids is 1. The lowest BCUT2D eigenvalue weighted by atomic mass is 10.1. The Balaban J connectivity index is 0.00000291. The Morgan fingerprint density at radius 3 is 1.54 bits per heavy atom. The molecule has 0 spiro atoms. The molecule has 11 N–H and O–H groups in total. The van der Waals surface area contributed by atoms with E-state index in [0.29, 0.717) is 35.0 Å². The molecule has 8 rings (SSSR count). The van der Waals surface area contributed by atoms with Crippen LogP contribution in [0.5, 0.6) is 23.3 Å². The van der Waals surface area contributed by atoms with Crippen molar-refractivity contribution in [2.24, 2.45) is 40.9 Å². The zero-order chi connectivity index (χ0) is 68.7. The van der Waals surface area contributed by atoms with E-state index in [1.54, 1.807) is 0 Å². The molecule has 7 aromatic carbocycles. The maximum absolute atomic E-state index is 13.1. The second-order valence-electron chi connectivity index (χ2n) is 17.2. The summed E-state index contributed by atoms with van der Waals surface area (Å²) < 4.78 is 241. The van der Waals surface area contributed by atoms with Gasteiger partial charge in [0.25, 0.3) is 84.4 Å². The first-order chi connectivity index (χ1) is 42.4. The molecule has 0 saturated heterocycles. The molecule has 0 amide bonds. The number of phenolic OH excluding ortho intramolecular Hbond substituents is 2. The number of nitro groups is 2. The summed E-state index contributed by atoms with van der Waals surface area (Å²) in [7, 11) is -35.7. The van der Waals surface area contributed by atoms with Gasteiger partial charge in [-0.05, 0) is 60.7 Å². The predicted molar refractivity (Wildman–Crippen MR) is 299 cm³/mol. The summed E-state index contributed by atoms with van der Waals surface area (Å²) in [6.07, 6.45) is 0. The van der Waals surface area contributed by atoms with Gasteiger partial charge in [-0.1, -0.05) is 6.07 Å². The number of fused-ring (bicyclic) bond motifs is 2. The van der Waals surface area contributed by atoms with Crippen LogP contribution in [-0.2, 0) is 76.1 Å². The van der Waals surface area contributed by atoms with Gasteiger partial charge in [-0.2, -0.15) is 55.2 Å². The molecule has 92 heavy (non-hydrogen) atoms. The Morgan fingerprint density at radius 1 is 0.500 bits per heavy atom. The summed E-state index contributed by atoms with van der Waals surface area (Å²) >= 11 is 0. The zero-order valence-electron chi connectivity index (χ0n) is 43.6. The van der Waals surface area contributed by atoms with Crippen LogP contribution in [0.25, 0.3) is 27.2 Å². The molecule has 8 aromatic rings. The highest BCUT2D eigenvalue weighted by atomic mass is 32.2. The van der Waals surface area contributed by atoms with Crippen molar-refractivity contribution in [1.82, 2.24) is 9.78 Å².